The summed E-state index contributed by atoms with van der Waals surface area (Å²) in [5.41, 5.74) is 23.7. The summed E-state index contributed by atoms with van der Waals surface area (Å²) in [7, 11) is 0. The lowest BCUT2D eigenvalue weighted by molar-refractivity contribution is 0.101. The van der Waals surface area contributed by atoms with Crippen LogP contribution in [0.1, 0.15) is 76.6 Å². The number of nitrogens with zero attached hydrogens (tertiary/aromatic N) is 7. The van der Waals surface area contributed by atoms with Gasteiger partial charge in [0.15, 0.2) is 10.3 Å². The number of aromatic amines is 2. The van der Waals surface area contributed by atoms with Crippen LogP contribution < -0.4 is 32.5 Å². The van der Waals surface area contributed by atoms with Crippen LogP contribution in [0.2, 0.25) is 0 Å². The number of carbonyl (C=O) groups excluding carboxylic acids is 3. The van der Waals surface area contributed by atoms with E-state index in [1.807, 2.05) is 123 Å². The number of aliphatic imine (C=N–C) groups is 1. The molecule has 5 aromatic carbocycles. The van der Waals surface area contributed by atoms with Crippen molar-refractivity contribution in [2.75, 3.05) is 28.4 Å². The highest BCUT2D eigenvalue weighted by Gasteiger charge is 2.15. The topological polar surface area (TPSA) is 259 Å². The van der Waals surface area contributed by atoms with Crippen LogP contribution in [0, 0.1) is 13.8 Å². The summed E-state index contributed by atoms with van der Waals surface area (Å²) in [6.45, 7) is 4.49. The number of fused-ring (bicyclic) bond motifs is 2. The van der Waals surface area contributed by atoms with E-state index in [1.54, 1.807) is 30.1 Å². The van der Waals surface area contributed by atoms with Gasteiger partial charge in [0, 0.05) is 62.6 Å². The Morgan fingerprint density at radius 2 is 1.29 bits per heavy atom. The van der Waals surface area contributed by atoms with Gasteiger partial charge in [-0.1, -0.05) is 83.8 Å². The number of carbonyl (C=O) groups is 3. The number of amidine groups is 1. The molecule has 2 aliphatic rings. The van der Waals surface area contributed by atoms with Crippen LogP contribution in [0.5, 0.6) is 0 Å². The number of rotatable bonds is 14. The van der Waals surface area contributed by atoms with E-state index < -0.39 is 0 Å². The molecule has 11 rings (SSSR count). The molecule has 0 unspecified atom stereocenters. The Balaban J connectivity index is 0.000000140. The van der Waals surface area contributed by atoms with E-state index in [9.17, 15) is 14.4 Å². The number of nitrogens with two attached hydrogens (primary N) is 1. The molecule has 0 saturated carbocycles. The summed E-state index contributed by atoms with van der Waals surface area (Å²) in [6, 6.07) is 42.3. The fourth-order valence-electron chi connectivity index (χ4n) is 8.10. The Morgan fingerprint density at radius 1 is 0.632 bits per heavy atom. The van der Waals surface area contributed by atoms with Gasteiger partial charge in [0.25, 0.3) is 17.7 Å². The molecule has 0 atom stereocenters. The Morgan fingerprint density at radius 3 is 1.93 bits per heavy atom. The fourth-order valence-corrected chi connectivity index (χ4v) is 10.3. The number of amides is 3. The Labute approximate surface area is 451 Å². The van der Waals surface area contributed by atoms with Crippen LogP contribution in [0.3, 0.4) is 0 Å². The number of nitrogen functional groups attached to an aromatic ring is 1. The fraction of sp³-hybridized carbons (Fsp3) is 0.164. The molecule has 21 heteroatoms. The van der Waals surface area contributed by atoms with Gasteiger partial charge in [0.2, 0.25) is 11.1 Å². The first-order valence-corrected chi connectivity index (χ1v) is 27.1. The number of pyridine rings is 2. The van der Waals surface area contributed by atoms with Crippen molar-refractivity contribution in [2.24, 2.45) is 4.99 Å². The smallest absolute Gasteiger partial charge is 0.256 e. The molecule has 1 aliphatic heterocycles. The van der Waals surface area contributed by atoms with Crippen LogP contribution in [0.25, 0.3) is 10.9 Å². The molecular formula is C55H53N15O3S3. The summed E-state index contributed by atoms with van der Waals surface area (Å²) in [5.74, 6) is 2.58. The molecule has 384 valence electrons. The monoisotopic (exact) mass is 1070 g/mol. The number of hydrogen-bond donors (Lipinski definition) is 8. The maximum absolute atomic E-state index is 12.6. The predicted molar refractivity (Wildman–Crippen MR) is 303 cm³/mol. The Bertz CT molecular complexity index is 3500. The van der Waals surface area contributed by atoms with Crippen LogP contribution >= 0.6 is 35.3 Å². The second kappa shape index (κ2) is 25.7. The van der Waals surface area contributed by atoms with Crippen molar-refractivity contribution in [2.45, 2.75) is 60.7 Å². The molecule has 9 aromatic rings. The average Bonchev–Trinajstić information content (AvgIpc) is 4.30. The highest BCUT2D eigenvalue weighted by atomic mass is 32.2. The first-order chi connectivity index (χ1) is 37.0. The van der Waals surface area contributed by atoms with Crippen LogP contribution in [0.15, 0.2) is 161 Å². The maximum atomic E-state index is 12.6. The number of H-pyrrole nitrogens is 2. The van der Waals surface area contributed by atoms with Gasteiger partial charge < -0.3 is 21.7 Å². The third-order valence-corrected chi connectivity index (χ3v) is 14.5. The average molecular weight is 1070 g/mol. The second-order valence-electron chi connectivity index (χ2n) is 17.5. The number of benzene rings is 5. The van der Waals surface area contributed by atoms with Gasteiger partial charge >= 0.3 is 0 Å². The number of thioether (sulfide) groups is 3. The number of aromatic nitrogens is 8. The third kappa shape index (κ3) is 15.1. The molecule has 0 saturated heterocycles. The standard InChI is InChI=1S/C19H16N6OS.C19H20N4OS.C17H17N5OS/c20-18-23-19(25-24-18)27-11-12-3-1-4-14(9-12)17(26)22-15-6-7-16-13(10-15)5-2-8-21-16;24-18(22-17-8-7-14-4-2-5-15(14)10-17)16-6-1-3-13(9-16)11-25-19-20-12-21-23-19;1-11-6-12(2)20-15(7-11)21-16(23)14-5-3-4-13(8-14)9-24-17-18-10-19-22-17/h1-10H,11H2,(H,22,26)(H3,20,23,24,25);1,3,6-10,21H,2,4-5,11-12H2,(H,20,23)(H,22,24);3-8,10H,9H2,1-2H3,(H,18,19,22)(H,20,21,23). The highest BCUT2D eigenvalue weighted by molar-refractivity contribution is 8.13. The second-order valence-corrected chi connectivity index (χ2v) is 20.3. The third-order valence-electron chi connectivity index (χ3n) is 11.6. The summed E-state index contributed by atoms with van der Waals surface area (Å²) in [5, 5.41) is 25.2. The van der Waals surface area contributed by atoms with Crippen molar-refractivity contribution >= 4 is 92.2 Å². The molecule has 18 nitrogen and oxygen atoms in total. The summed E-state index contributed by atoms with van der Waals surface area (Å²) in [4.78, 5) is 58.6. The number of hydrogen-bond acceptors (Lipinski definition) is 16. The lowest BCUT2D eigenvalue weighted by atomic mass is 10.1. The minimum atomic E-state index is -0.168. The van der Waals surface area contributed by atoms with Crippen LogP contribution in [-0.2, 0) is 30.1 Å². The molecule has 3 amide bonds. The quantitative estimate of drug-likeness (QED) is 0.0471. The van der Waals surface area contributed by atoms with E-state index >= 15 is 0 Å². The van der Waals surface area contributed by atoms with Gasteiger partial charge in [-0.15, -0.1) is 5.10 Å². The molecule has 0 spiro atoms. The van der Waals surface area contributed by atoms with Gasteiger partial charge in [0.1, 0.15) is 18.8 Å². The van der Waals surface area contributed by atoms with Gasteiger partial charge in [0.05, 0.1) is 5.52 Å². The number of nitrogens with one attached hydrogen (secondary N) is 7. The number of aryl methyl sites for hydroxylation is 4. The molecule has 0 fully saturated rings. The van der Waals surface area contributed by atoms with Gasteiger partial charge in [-0.05, 0) is 151 Å². The largest absolute Gasteiger partial charge is 0.368 e. The molecule has 9 N–H and O–H groups in total. The Hall–Kier alpha value is -8.37. The molecule has 4 aromatic heterocycles. The van der Waals surface area contributed by atoms with Crippen LogP contribution in [-0.4, -0.2) is 69.9 Å². The van der Waals surface area contributed by atoms with Crippen molar-refractivity contribution in [1.82, 2.24) is 51.2 Å². The zero-order chi connectivity index (χ0) is 52.6. The normalized spacial score (nSPS) is 12.3. The number of anilines is 4. The van der Waals surface area contributed by atoms with Gasteiger partial charge in [-0.25, -0.2) is 25.5 Å². The van der Waals surface area contributed by atoms with Gasteiger partial charge in [-0.3, -0.25) is 29.9 Å². The zero-order valence-corrected chi connectivity index (χ0v) is 43.9. The Kier molecular flexibility index (Phi) is 17.8. The molecular weight excluding hydrogens is 1010 g/mol. The lowest BCUT2D eigenvalue weighted by Gasteiger charge is -2.09. The molecule has 5 heterocycles. The van der Waals surface area contributed by atoms with E-state index in [-0.39, 0.29) is 23.7 Å². The first-order valence-electron chi connectivity index (χ1n) is 24.1. The van der Waals surface area contributed by atoms with Crippen molar-refractivity contribution in [3.63, 3.8) is 0 Å². The molecule has 0 bridgehead atoms. The minimum Gasteiger partial charge on any atom is -0.368 e. The maximum Gasteiger partial charge on any atom is 0.256 e. The molecule has 1 aliphatic carbocycles. The summed E-state index contributed by atoms with van der Waals surface area (Å²) >= 11 is 4.60. The van der Waals surface area contributed by atoms with Gasteiger partial charge in [-0.2, -0.15) is 10.1 Å². The first kappa shape index (κ1) is 52.5. The summed E-state index contributed by atoms with van der Waals surface area (Å²) < 4.78 is 0. The lowest BCUT2D eigenvalue weighted by Crippen LogP contribution is -2.27. The minimum absolute atomic E-state index is 0.0669. The van der Waals surface area contributed by atoms with Crippen molar-refractivity contribution < 1.29 is 14.4 Å². The van der Waals surface area contributed by atoms with Crippen molar-refractivity contribution in [3.05, 3.63) is 202 Å². The van der Waals surface area contributed by atoms with E-state index in [4.69, 9.17) is 5.73 Å². The summed E-state index contributed by atoms with van der Waals surface area (Å²) in [6.07, 6.45) is 6.69. The van der Waals surface area contributed by atoms with Crippen molar-refractivity contribution in [1.29, 1.82) is 0 Å². The number of hydrazine groups is 1. The van der Waals surface area contributed by atoms with E-state index in [1.165, 1.54) is 47.4 Å². The van der Waals surface area contributed by atoms with Crippen molar-refractivity contribution in [3.8, 4) is 0 Å². The zero-order valence-electron chi connectivity index (χ0n) is 41.5. The highest BCUT2D eigenvalue weighted by Crippen LogP contribution is 2.27. The van der Waals surface area contributed by atoms with E-state index in [2.05, 4.69) is 84.3 Å². The SMILES string of the molecule is Cc1cc(C)nc(NC(=O)c2cccc(CSc3ncn[nH]3)c2)c1.Nc1nc(SCc2cccc(C(=O)Nc3ccc4ncccc4c3)c2)n[nH]1.O=C(Nc1ccc2c(c1)CCC2)c1cccc(CSC2=NCNN2)c1. The molecule has 76 heavy (non-hydrogen) atoms. The van der Waals surface area contributed by atoms with Crippen LogP contribution in [0.4, 0.5) is 23.1 Å². The van der Waals surface area contributed by atoms with E-state index in [0.29, 0.717) is 45.8 Å². The van der Waals surface area contributed by atoms with E-state index in [0.717, 1.165) is 79.1 Å². The predicted octanol–water partition coefficient (Wildman–Crippen LogP) is 9.92. The molecule has 0 radical (unpaired) electrons.